The van der Waals surface area contributed by atoms with Crippen LogP contribution in [-0.2, 0) is 11.2 Å². The molecule has 1 amide bonds. The highest BCUT2D eigenvalue weighted by molar-refractivity contribution is 5.97. The molecular formula is C33H25FN4O. The number of carbonyl (C=O) groups excluding carboxylic acids is 1. The number of carbonyl (C=O) groups is 1. The molecule has 0 aliphatic heterocycles. The number of nitrogens with zero attached hydrogens (tertiary/aromatic N) is 1. The van der Waals surface area contributed by atoms with E-state index < -0.39 is 0 Å². The SMILES string of the molecule is O=C(Cc1c[nH]c2ccccc12)Nc1ccc(Nc2cccnc2)c(-c2ccc(-c3ccccc3)cc2F)c1. The molecule has 0 bridgehead atoms. The lowest BCUT2D eigenvalue weighted by atomic mass is 9.98. The van der Waals surface area contributed by atoms with Gasteiger partial charge in [0.15, 0.2) is 0 Å². The summed E-state index contributed by atoms with van der Waals surface area (Å²) in [7, 11) is 0. The summed E-state index contributed by atoms with van der Waals surface area (Å²) >= 11 is 0. The second kappa shape index (κ2) is 10.6. The number of nitrogens with one attached hydrogen (secondary N) is 3. The van der Waals surface area contributed by atoms with E-state index >= 15 is 4.39 Å². The lowest BCUT2D eigenvalue weighted by Gasteiger charge is -2.16. The minimum Gasteiger partial charge on any atom is -0.361 e. The van der Waals surface area contributed by atoms with Crippen molar-refractivity contribution in [1.29, 1.82) is 0 Å². The average Bonchev–Trinajstić information content (AvgIpc) is 3.37. The summed E-state index contributed by atoms with van der Waals surface area (Å²) in [4.78, 5) is 20.4. The molecule has 0 unspecified atom stereocenters. The molecule has 6 aromatic rings. The van der Waals surface area contributed by atoms with E-state index in [4.69, 9.17) is 0 Å². The number of benzene rings is 4. The molecule has 0 aliphatic rings. The Balaban J connectivity index is 1.32. The van der Waals surface area contributed by atoms with Crippen LogP contribution in [0.2, 0.25) is 0 Å². The number of anilines is 3. The van der Waals surface area contributed by atoms with E-state index in [2.05, 4.69) is 20.6 Å². The van der Waals surface area contributed by atoms with E-state index in [1.807, 2.05) is 91.1 Å². The van der Waals surface area contributed by atoms with Crippen LogP contribution in [0.4, 0.5) is 21.5 Å². The number of hydrogen-bond donors (Lipinski definition) is 3. The third-order valence-electron chi connectivity index (χ3n) is 6.64. The molecule has 0 fully saturated rings. The van der Waals surface area contributed by atoms with Gasteiger partial charge in [0.2, 0.25) is 5.91 Å². The van der Waals surface area contributed by atoms with E-state index in [9.17, 15) is 4.79 Å². The van der Waals surface area contributed by atoms with Gasteiger partial charge in [-0.25, -0.2) is 4.39 Å². The van der Waals surface area contributed by atoms with Gasteiger partial charge in [-0.05, 0) is 59.2 Å². The second-order valence-corrected chi connectivity index (χ2v) is 9.27. The van der Waals surface area contributed by atoms with Gasteiger partial charge in [-0.3, -0.25) is 9.78 Å². The molecule has 0 radical (unpaired) electrons. The monoisotopic (exact) mass is 512 g/mol. The van der Waals surface area contributed by atoms with Crippen molar-refractivity contribution in [2.45, 2.75) is 6.42 Å². The van der Waals surface area contributed by atoms with Crippen LogP contribution in [0.1, 0.15) is 5.56 Å². The van der Waals surface area contributed by atoms with Crippen molar-refractivity contribution in [3.05, 3.63) is 133 Å². The van der Waals surface area contributed by atoms with Crippen LogP contribution < -0.4 is 10.6 Å². The first-order valence-electron chi connectivity index (χ1n) is 12.7. The first kappa shape index (κ1) is 24.1. The zero-order valence-electron chi connectivity index (χ0n) is 21.0. The van der Waals surface area contributed by atoms with Gasteiger partial charge in [-0.15, -0.1) is 0 Å². The van der Waals surface area contributed by atoms with Gasteiger partial charge in [0, 0.05) is 45.8 Å². The lowest BCUT2D eigenvalue weighted by molar-refractivity contribution is -0.115. The molecule has 0 saturated heterocycles. The highest BCUT2D eigenvalue weighted by atomic mass is 19.1. The predicted molar refractivity (Wildman–Crippen MR) is 155 cm³/mol. The molecule has 0 atom stereocenters. The standard InChI is InChI=1S/C33H25FN4O/c34-30-17-23(22-7-2-1-3-8-22)12-14-28(30)29-19-25(13-15-32(29)37-26-9-6-16-35-21-26)38-33(39)18-24-20-36-31-11-5-4-10-27(24)31/h1-17,19-21,36-37H,18H2,(H,38,39). The largest absolute Gasteiger partial charge is 0.361 e. The molecule has 4 aromatic carbocycles. The Labute approximate surface area is 225 Å². The second-order valence-electron chi connectivity index (χ2n) is 9.27. The third-order valence-corrected chi connectivity index (χ3v) is 6.64. The summed E-state index contributed by atoms with van der Waals surface area (Å²) in [5.41, 5.74) is 6.74. The maximum absolute atomic E-state index is 15.6. The van der Waals surface area contributed by atoms with Crippen molar-refractivity contribution in [2.75, 3.05) is 10.6 Å². The fraction of sp³-hybridized carbons (Fsp3) is 0.0303. The van der Waals surface area contributed by atoms with Gasteiger partial charge in [-0.2, -0.15) is 0 Å². The summed E-state index contributed by atoms with van der Waals surface area (Å²) in [6.45, 7) is 0. The molecule has 0 spiro atoms. The number of para-hydroxylation sites is 1. The molecule has 3 N–H and O–H groups in total. The third kappa shape index (κ3) is 5.26. The quantitative estimate of drug-likeness (QED) is 0.203. The smallest absolute Gasteiger partial charge is 0.228 e. The topological polar surface area (TPSA) is 69.8 Å². The normalized spacial score (nSPS) is 10.9. The molecule has 2 aromatic heterocycles. The number of pyridine rings is 1. The number of H-pyrrole nitrogens is 1. The predicted octanol–water partition coefficient (Wildman–Crippen LogP) is 7.96. The molecule has 2 heterocycles. The van der Waals surface area contributed by atoms with Crippen LogP contribution in [0.5, 0.6) is 0 Å². The summed E-state index contributed by atoms with van der Waals surface area (Å²) in [5.74, 6) is -0.508. The molecular weight excluding hydrogens is 487 g/mol. The number of aromatic nitrogens is 2. The van der Waals surface area contributed by atoms with Crippen LogP contribution in [0.3, 0.4) is 0 Å². The van der Waals surface area contributed by atoms with E-state index in [1.165, 1.54) is 0 Å². The molecule has 0 aliphatic carbocycles. The number of fused-ring (bicyclic) bond motifs is 1. The van der Waals surface area contributed by atoms with Crippen molar-refractivity contribution >= 4 is 33.9 Å². The molecule has 5 nitrogen and oxygen atoms in total. The number of halogens is 1. The molecule has 6 heteroatoms. The summed E-state index contributed by atoms with van der Waals surface area (Å²) in [6.07, 6.45) is 5.48. The Morgan fingerprint density at radius 3 is 2.46 bits per heavy atom. The van der Waals surface area contributed by atoms with Crippen LogP contribution in [0, 0.1) is 5.82 Å². The number of rotatable bonds is 7. The van der Waals surface area contributed by atoms with Gasteiger partial charge >= 0.3 is 0 Å². The zero-order valence-corrected chi connectivity index (χ0v) is 21.0. The Morgan fingerprint density at radius 2 is 1.64 bits per heavy atom. The van der Waals surface area contributed by atoms with Gasteiger partial charge in [0.1, 0.15) is 5.82 Å². The number of hydrogen-bond acceptors (Lipinski definition) is 3. The minimum atomic E-state index is -0.354. The highest BCUT2D eigenvalue weighted by Crippen LogP contribution is 2.36. The van der Waals surface area contributed by atoms with Crippen molar-refractivity contribution in [2.24, 2.45) is 0 Å². The fourth-order valence-corrected chi connectivity index (χ4v) is 4.75. The van der Waals surface area contributed by atoms with Crippen molar-refractivity contribution in [3.63, 3.8) is 0 Å². The fourth-order valence-electron chi connectivity index (χ4n) is 4.75. The number of aromatic amines is 1. The van der Waals surface area contributed by atoms with E-state index in [1.54, 1.807) is 30.6 Å². The van der Waals surface area contributed by atoms with Crippen LogP contribution in [-0.4, -0.2) is 15.9 Å². The maximum atomic E-state index is 15.6. The zero-order chi connectivity index (χ0) is 26.6. The summed E-state index contributed by atoms with van der Waals surface area (Å²) in [6, 6.07) is 32.0. The van der Waals surface area contributed by atoms with Crippen molar-refractivity contribution in [1.82, 2.24) is 9.97 Å². The minimum absolute atomic E-state index is 0.154. The van der Waals surface area contributed by atoms with Crippen molar-refractivity contribution in [3.8, 4) is 22.3 Å². The Bertz CT molecular complexity index is 1760. The molecule has 0 saturated carbocycles. The summed E-state index contributed by atoms with van der Waals surface area (Å²) < 4.78 is 15.6. The Morgan fingerprint density at radius 1 is 0.795 bits per heavy atom. The molecule has 190 valence electrons. The van der Waals surface area contributed by atoms with Gasteiger partial charge in [-0.1, -0.05) is 60.7 Å². The van der Waals surface area contributed by atoms with Crippen LogP contribution >= 0.6 is 0 Å². The molecule has 6 rings (SSSR count). The Hall–Kier alpha value is -5.23. The van der Waals surface area contributed by atoms with Gasteiger partial charge < -0.3 is 15.6 Å². The first-order valence-corrected chi connectivity index (χ1v) is 12.7. The van der Waals surface area contributed by atoms with Crippen LogP contribution in [0.15, 0.2) is 122 Å². The lowest BCUT2D eigenvalue weighted by Crippen LogP contribution is -2.14. The van der Waals surface area contributed by atoms with Gasteiger partial charge in [0.25, 0.3) is 0 Å². The van der Waals surface area contributed by atoms with Crippen LogP contribution in [0.25, 0.3) is 33.2 Å². The average molecular weight is 513 g/mol. The highest BCUT2D eigenvalue weighted by Gasteiger charge is 2.15. The Kier molecular flexibility index (Phi) is 6.58. The maximum Gasteiger partial charge on any atom is 0.228 e. The first-order chi connectivity index (χ1) is 19.1. The van der Waals surface area contributed by atoms with E-state index in [0.717, 1.165) is 33.3 Å². The van der Waals surface area contributed by atoms with Crippen molar-refractivity contribution < 1.29 is 9.18 Å². The summed E-state index contributed by atoms with van der Waals surface area (Å²) in [5, 5.41) is 7.34. The van der Waals surface area contributed by atoms with E-state index in [0.29, 0.717) is 22.5 Å². The van der Waals surface area contributed by atoms with Gasteiger partial charge in [0.05, 0.1) is 18.3 Å². The number of amides is 1. The van der Waals surface area contributed by atoms with E-state index in [-0.39, 0.29) is 18.1 Å². The molecule has 39 heavy (non-hydrogen) atoms.